The van der Waals surface area contributed by atoms with Crippen LogP contribution < -0.4 is 4.72 Å². The standard InChI is InChI=1S/C13H19NO4S/c1-9-3-4-10(8-15)5-13(9)19(16,17)14-11-6-12(7-11)18-2/h3-5,11-12,14-15H,6-8H2,1-2H3. The van der Waals surface area contributed by atoms with E-state index in [2.05, 4.69) is 4.72 Å². The van der Waals surface area contributed by atoms with Crippen molar-refractivity contribution in [2.75, 3.05) is 7.11 Å². The molecular formula is C13H19NO4S. The van der Waals surface area contributed by atoms with Crippen LogP contribution in [0.4, 0.5) is 0 Å². The van der Waals surface area contributed by atoms with Gasteiger partial charge in [0.05, 0.1) is 17.6 Å². The third-order valence-corrected chi connectivity index (χ3v) is 5.14. The smallest absolute Gasteiger partial charge is 0.241 e. The number of hydrogen-bond acceptors (Lipinski definition) is 4. The van der Waals surface area contributed by atoms with E-state index in [9.17, 15) is 8.42 Å². The quantitative estimate of drug-likeness (QED) is 0.844. The molecule has 0 aromatic heterocycles. The first-order valence-corrected chi connectivity index (χ1v) is 7.70. The van der Waals surface area contributed by atoms with E-state index in [-0.39, 0.29) is 23.6 Å². The maximum Gasteiger partial charge on any atom is 0.241 e. The number of aryl methyl sites for hydroxylation is 1. The molecule has 0 amide bonds. The van der Waals surface area contributed by atoms with Crippen LogP contribution in [0.15, 0.2) is 23.1 Å². The molecule has 0 unspecified atom stereocenters. The number of rotatable bonds is 5. The molecule has 0 heterocycles. The Hall–Kier alpha value is -0.950. The van der Waals surface area contributed by atoms with Crippen molar-refractivity contribution in [3.63, 3.8) is 0 Å². The highest BCUT2D eigenvalue weighted by molar-refractivity contribution is 7.89. The Morgan fingerprint density at radius 1 is 1.42 bits per heavy atom. The van der Waals surface area contributed by atoms with Crippen LogP contribution >= 0.6 is 0 Å². The third kappa shape index (κ3) is 3.14. The number of nitrogens with one attached hydrogen (secondary N) is 1. The van der Waals surface area contributed by atoms with Crippen molar-refractivity contribution in [3.05, 3.63) is 29.3 Å². The lowest BCUT2D eigenvalue weighted by atomic mass is 9.90. The Bertz CT molecular complexity index is 550. The number of benzene rings is 1. The SMILES string of the molecule is COC1CC(NS(=O)(=O)c2cc(CO)ccc2C)C1. The van der Waals surface area contributed by atoms with Gasteiger partial charge in [0.1, 0.15) is 0 Å². The molecule has 5 nitrogen and oxygen atoms in total. The van der Waals surface area contributed by atoms with E-state index in [4.69, 9.17) is 9.84 Å². The van der Waals surface area contributed by atoms with Gasteiger partial charge < -0.3 is 9.84 Å². The van der Waals surface area contributed by atoms with E-state index in [0.29, 0.717) is 24.0 Å². The predicted octanol–water partition coefficient (Wildman–Crippen LogP) is 0.943. The van der Waals surface area contributed by atoms with Gasteiger partial charge in [0.2, 0.25) is 10.0 Å². The second-order valence-electron chi connectivity index (χ2n) is 4.91. The van der Waals surface area contributed by atoms with E-state index in [1.165, 1.54) is 6.07 Å². The summed E-state index contributed by atoms with van der Waals surface area (Å²) in [5.74, 6) is 0. The fourth-order valence-corrected chi connectivity index (χ4v) is 3.73. The summed E-state index contributed by atoms with van der Waals surface area (Å²) in [7, 11) is -1.90. The van der Waals surface area contributed by atoms with Crippen molar-refractivity contribution in [2.45, 2.75) is 43.4 Å². The first kappa shape index (κ1) is 14.5. The molecule has 1 aliphatic rings. The minimum absolute atomic E-state index is 0.0628. The van der Waals surface area contributed by atoms with E-state index >= 15 is 0 Å². The molecule has 6 heteroatoms. The molecule has 2 N–H and O–H groups in total. The molecular weight excluding hydrogens is 266 g/mol. The van der Waals surface area contributed by atoms with Gasteiger partial charge >= 0.3 is 0 Å². The van der Waals surface area contributed by atoms with Crippen molar-refractivity contribution in [3.8, 4) is 0 Å². The van der Waals surface area contributed by atoms with Gasteiger partial charge in [-0.2, -0.15) is 0 Å². The van der Waals surface area contributed by atoms with Gasteiger partial charge in [0, 0.05) is 13.2 Å². The van der Waals surface area contributed by atoms with E-state index in [0.717, 1.165) is 0 Å². The van der Waals surface area contributed by atoms with Crippen LogP contribution in [0, 0.1) is 6.92 Å². The number of aliphatic hydroxyl groups excluding tert-OH is 1. The van der Waals surface area contributed by atoms with Crippen LogP contribution in [0.5, 0.6) is 0 Å². The Kier molecular flexibility index (Phi) is 4.25. The summed E-state index contributed by atoms with van der Waals surface area (Å²) in [6, 6.07) is 4.88. The molecule has 0 saturated heterocycles. The zero-order valence-corrected chi connectivity index (χ0v) is 11.9. The lowest BCUT2D eigenvalue weighted by Gasteiger charge is -2.34. The predicted molar refractivity (Wildman–Crippen MR) is 71.2 cm³/mol. The van der Waals surface area contributed by atoms with Gasteiger partial charge in [0.25, 0.3) is 0 Å². The fourth-order valence-electron chi connectivity index (χ4n) is 2.17. The molecule has 0 bridgehead atoms. The summed E-state index contributed by atoms with van der Waals surface area (Å²) in [5.41, 5.74) is 1.27. The molecule has 1 aromatic carbocycles. The lowest BCUT2D eigenvalue weighted by molar-refractivity contribution is 0.0236. The van der Waals surface area contributed by atoms with Gasteiger partial charge in [-0.05, 0) is 37.0 Å². The topological polar surface area (TPSA) is 75.6 Å². The Morgan fingerprint density at radius 3 is 2.68 bits per heavy atom. The highest BCUT2D eigenvalue weighted by Gasteiger charge is 2.33. The van der Waals surface area contributed by atoms with Crippen molar-refractivity contribution in [1.29, 1.82) is 0 Å². The number of aliphatic hydroxyl groups is 1. The van der Waals surface area contributed by atoms with Crippen molar-refractivity contribution < 1.29 is 18.3 Å². The van der Waals surface area contributed by atoms with Gasteiger partial charge in [-0.3, -0.25) is 0 Å². The molecule has 0 radical (unpaired) electrons. The zero-order chi connectivity index (χ0) is 14.0. The second-order valence-corrected chi connectivity index (χ2v) is 6.59. The maximum absolute atomic E-state index is 12.3. The molecule has 106 valence electrons. The van der Waals surface area contributed by atoms with Crippen LogP contribution in [-0.2, 0) is 21.4 Å². The molecule has 1 fully saturated rings. The minimum Gasteiger partial charge on any atom is -0.392 e. The van der Waals surface area contributed by atoms with Gasteiger partial charge in [-0.15, -0.1) is 0 Å². The Morgan fingerprint density at radius 2 is 2.11 bits per heavy atom. The molecule has 2 rings (SSSR count). The first-order valence-electron chi connectivity index (χ1n) is 6.22. The number of hydrogen-bond donors (Lipinski definition) is 2. The largest absolute Gasteiger partial charge is 0.392 e. The van der Waals surface area contributed by atoms with E-state index in [1.54, 1.807) is 26.2 Å². The zero-order valence-electron chi connectivity index (χ0n) is 11.1. The second kappa shape index (κ2) is 5.58. The molecule has 0 atom stereocenters. The summed E-state index contributed by atoms with van der Waals surface area (Å²) in [4.78, 5) is 0.236. The van der Waals surface area contributed by atoms with E-state index < -0.39 is 10.0 Å². The summed E-state index contributed by atoms with van der Waals surface area (Å²) in [6.45, 7) is 1.58. The molecule has 0 aliphatic heterocycles. The lowest BCUT2D eigenvalue weighted by Crippen LogP contribution is -2.47. The number of methoxy groups -OCH3 is 1. The van der Waals surface area contributed by atoms with Crippen molar-refractivity contribution in [1.82, 2.24) is 4.72 Å². The highest BCUT2D eigenvalue weighted by Crippen LogP contribution is 2.25. The third-order valence-electron chi connectivity index (χ3n) is 3.47. The highest BCUT2D eigenvalue weighted by atomic mass is 32.2. The molecule has 1 aliphatic carbocycles. The Labute approximate surface area is 113 Å². The van der Waals surface area contributed by atoms with Crippen molar-refractivity contribution in [2.24, 2.45) is 0 Å². The van der Waals surface area contributed by atoms with E-state index in [1.807, 2.05) is 0 Å². The number of ether oxygens (including phenoxy) is 1. The van der Waals surface area contributed by atoms with Crippen LogP contribution in [0.3, 0.4) is 0 Å². The van der Waals surface area contributed by atoms with Gasteiger partial charge in [-0.25, -0.2) is 13.1 Å². The van der Waals surface area contributed by atoms with Crippen LogP contribution in [0.2, 0.25) is 0 Å². The average molecular weight is 285 g/mol. The summed E-state index contributed by atoms with van der Waals surface area (Å²) in [5, 5.41) is 9.09. The Balaban J connectivity index is 2.15. The van der Waals surface area contributed by atoms with Gasteiger partial charge in [-0.1, -0.05) is 12.1 Å². The number of sulfonamides is 1. The summed E-state index contributed by atoms with van der Waals surface area (Å²) < 4.78 is 32.4. The fraction of sp³-hybridized carbons (Fsp3) is 0.538. The van der Waals surface area contributed by atoms with Crippen LogP contribution in [-0.4, -0.2) is 32.8 Å². The molecule has 0 spiro atoms. The molecule has 19 heavy (non-hydrogen) atoms. The van der Waals surface area contributed by atoms with Gasteiger partial charge in [0.15, 0.2) is 0 Å². The molecule has 1 saturated carbocycles. The molecule has 1 aromatic rings. The van der Waals surface area contributed by atoms with Crippen LogP contribution in [0.1, 0.15) is 24.0 Å². The van der Waals surface area contributed by atoms with Crippen LogP contribution in [0.25, 0.3) is 0 Å². The first-order chi connectivity index (χ1) is 8.96. The van der Waals surface area contributed by atoms with Crippen molar-refractivity contribution >= 4 is 10.0 Å². The monoisotopic (exact) mass is 285 g/mol. The minimum atomic E-state index is -3.53. The normalized spacial score (nSPS) is 23.1. The average Bonchev–Trinajstić information content (AvgIpc) is 2.33. The summed E-state index contributed by atoms with van der Waals surface area (Å²) in [6.07, 6.45) is 1.56. The maximum atomic E-state index is 12.3. The summed E-state index contributed by atoms with van der Waals surface area (Å²) >= 11 is 0.